The highest BCUT2D eigenvalue weighted by atomic mass is 15.1. The molecule has 0 bridgehead atoms. The summed E-state index contributed by atoms with van der Waals surface area (Å²) in [7, 11) is 0. The molecule has 2 heterocycles. The molecule has 0 atom stereocenters. The second-order valence-corrected chi connectivity index (χ2v) is 23.1. The lowest BCUT2D eigenvalue weighted by molar-refractivity contribution is 1.18. The Morgan fingerprint density at radius 3 is 1.09 bits per heavy atom. The highest BCUT2D eigenvalue weighted by Gasteiger charge is 2.21. The predicted octanol–water partition coefficient (Wildman–Crippen LogP) is 23.7. The average Bonchev–Trinajstić information content (AvgIpc) is 1.95. The van der Waals surface area contributed by atoms with Gasteiger partial charge in [-0.3, -0.25) is 0 Å². The van der Waals surface area contributed by atoms with Gasteiger partial charge >= 0.3 is 0 Å². The number of hydrogen-bond acceptors (Lipinski definition) is 1. The fourth-order valence-electron chi connectivity index (χ4n) is 14.0. The first-order valence-electron chi connectivity index (χ1n) is 30.6. The summed E-state index contributed by atoms with van der Waals surface area (Å²) in [6.07, 6.45) is 0. The molecule has 0 unspecified atom stereocenters. The van der Waals surface area contributed by atoms with E-state index in [4.69, 9.17) is 0 Å². The minimum atomic E-state index is 1.06. The van der Waals surface area contributed by atoms with Crippen molar-refractivity contribution in [2.24, 2.45) is 0 Å². The summed E-state index contributed by atoms with van der Waals surface area (Å²) >= 11 is 0. The molecule has 416 valence electrons. The van der Waals surface area contributed by atoms with Crippen LogP contribution in [0.1, 0.15) is 0 Å². The van der Waals surface area contributed by atoms with Gasteiger partial charge in [-0.05, 0) is 168 Å². The highest BCUT2D eigenvalue weighted by molar-refractivity contribution is 6.13. The van der Waals surface area contributed by atoms with E-state index in [2.05, 4.69) is 360 Å². The number of aromatic nitrogens is 2. The van der Waals surface area contributed by atoms with Crippen LogP contribution < -0.4 is 4.90 Å². The second kappa shape index (κ2) is 21.6. The van der Waals surface area contributed by atoms with Crippen molar-refractivity contribution in [2.75, 3.05) is 4.90 Å². The zero-order chi connectivity index (χ0) is 58.8. The summed E-state index contributed by atoms with van der Waals surface area (Å²) in [6.45, 7) is 0. The summed E-state index contributed by atoms with van der Waals surface area (Å²) in [4.78, 5) is 2.39. The van der Waals surface area contributed by atoms with Gasteiger partial charge in [0.2, 0.25) is 0 Å². The molecule has 17 aromatic rings. The number of anilines is 3. The van der Waals surface area contributed by atoms with Gasteiger partial charge in [0.15, 0.2) is 0 Å². The molecule has 0 aliphatic heterocycles. The van der Waals surface area contributed by atoms with Crippen molar-refractivity contribution in [3.63, 3.8) is 0 Å². The summed E-state index contributed by atoms with van der Waals surface area (Å²) in [5.74, 6) is 0. The Labute approximate surface area is 517 Å². The molecule has 2 aromatic heterocycles. The van der Waals surface area contributed by atoms with Crippen molar-refractivity contribution in [3.8, 4) is 78.1 Å². The molecule has 0 saturated carbocycles. The van der Waals surface area contributed by atoms with Crippen molar-refractivity contribution >= 4 is 82.2 Å². The summed E-state index contributed by atoms with van der Waals surface area (Å²) in [6, 6.07) is 127. The zero-order valence-corrected chi connectivity index (χ0v) is 48.8. The Kier molecular flexibility index (Phi) is 12.5. The van der Waals surface area contributed by atoms with E-state index in [0.29, 0.717) is 0 Å². The number of para-hydroxylation sites is 4. The van der Waals surface area contributed by atoms with Crippen LogP contribution in [0.25, 0.3) is 143 Å². The summed E-state index contributed by atoms with van der Waals surface area (Å²) in [5.41, 5.74) is 24.5. The van der Waals surface area contributed by atoms with Crippen LogP contribution in [-0.4, -0.2) is 9.13 Å². The SMILES string of the molecule is c1ccc(-c2cccc3cccc(-c4ccc(N(c5ccc(-c6ccccc6-n6c7ccccc7c7cc(-c8ccc9c%10ccccc%10n(-c%10ccccc%10)c9c8)ccc76)cc5)c5ccc(-c6cccc7cccc(-c8ccccc8)c67)cc5)cc4)c23)cc1. The molecule has 0 amide bonds. The first-order chi connectivity index (χ1) is 44.2. The second-order valence-electron chi connectivity index (χ2n) is 23.1. The first kappa shape index (κ1) is 51.6. The van der Waals surface area contributed by atoms with Gasteiger partial charge in [0, 0.05) is 49.9 Å². The van der Waals surface area contributed by atoms with Crippen LogP contribution in [0.5, 0.6) is 0 Å². The van der Waals surface area contributed by atoms with E-state index >= 15 is 0 Å². The molecule has 89 heavy (non-hydrogen) atoms. The molecule has 17 rings (SSSR count). The molecule has 0 radical (unpaired) electrons. The van der Waals surface area contributed by atoms with Crippen LogP contribution >= 0.6 is 0 Å². The minimum Gasteiger partial charge on any atom is -0.311 e. The van der Waals surface area contributed by atoms with E-state index in [1.165, 1.54) is 115 Å². The third kappa shape index (κ3) is 8.90. The smallest absolute Gasteiger partial charge is 0.0547 e. The van der Waals surface area contributed by atoms with Gasteiger partial charge < -0.3 is 14.0 Å². The number of hydrogen-bond donors (Lipinski definition) is 0. The van der Waals surface area contributed by atoms with E-state index in [1.54, 1.807) is 0 Å². The molecular formula is C86H57N3. The zero-order valence-electron chi connectivity index (χ0n) is 48.8. The van der Waals surface area contributed by atoms with E-state index in [1.807, 2.05) is 0 Å². The van der Waals surface area contributed by atoms with Gasteiger partial charge in [-0.25, -0.2) is 0 Å². The first-order valence-corrected chi connectivity index (χ1v) is 30.6. The molecule has 15 aromatic carbocycles. The lowest BCUT2D eigenvalue weighted by Crippen LogP contribution is -2.10. The standard InChI is InChI=1S/C86H57N3/c1-4-20-58(21-5-1)72-33-16-24-63-26-18-35-74(85(63)72)61-42-50-69(51-43-61)87(70-52-44-62(45-53-70)75-36-19-27-64-25-17-34-73(86(64)75)59-22-6-2-7-23-59)68-48-40-60(41-49-68)71-30-10-13-37-80(71)89-82-39-15-12-32-77(82)79-56-65(47-55-83(79)89)66-46-54-78-76-31-11-14-38-81(76)88(84(78)57-66)67-28-8-3-9-29-67/h1-57H. The van der Waals surface area contributed by atoms with E-state index in [0.717, 1.165) is 45.1 Å². The number of fused-ring (bicyclic) bond motifs is 8. The molecule has 0 spiro atoms. The molecule has 0 fully saturated rings. The molecule has 3 heteroatoms. The van der Waals surface area contributed by atoms with Gasteiger partial charge in [0.25, 0.3) is 0 Å². The molecular weight excluding hydrogens is 1070 g/mol. The monoisotopic (exact) mass is 1130 g/mol. The van der Waals surface area contributed by atoms with Crippen molar-refractivity contribution < 1.29 is 0 Å². The van der Waals surface area contributed by atoms with E-state index in [9.17, 15) is 0 Å². The molecule has 0 aliphatic carbocycles. The lowest BCUT2D eigenvalue weighted by atomic mass is 9.91. The molecule has 3 nitrogen and oxygen atoms in total. The maximum absolute atomic E-state index is 2.46. The normalized spacial score (nSPS) is 11.6. The van der Waals surface area contributed by atoms with Crippen molar-refractivity contribution in [2.45, 2.75) is 0 Å². The number of benzene rings is 15. The van der Waals surface area contributed by atoms with Crippen LogP contribution in [0.3, 0.4) is 0 Å². The fourth-order valence-corrected chi connectivity index (χ4v) is 14.0. The number of rotatable bonds is 11. The Bertz CT molecular complexity index is 5330. The average molecular weight is 1130 g/mol. The third-order valence-electron chi connectivity index (χ3n) is 18.1. The van der Waals surface area contributed by atoms with Gasteiger partial charge in [-0.2, -0.15) is 0 Å². The summed E-state index contributed by atoms with van der Waals surface area (Å²) in [5, 5.41) is 9.89. The van der Waals surface area contributed by atoms with Gasteiger partial charge in [-0.1, -0.05) is 261 Å². The van der Waals surface area contributed by atoms with Crippen LogP contribution in [0, 0.1) is 0 Å². The predicted molar refractivity (Wildman–Crippen MR) is 377 cm³/mol. The largest absolute Gasteiger partial charge is 0.311 e. The fraction of sp³-hybridized carbons (Fsp3) is 0. The van der Waals surface area contributed by atoms with Crippen LogP contribution in [0.4, 0.5) is 17.1 Å². The number of nitrogens with zero attached hydrogens (tertiary/aromatic N) is 3. The topological polar surface area (TPSA) is 13.1 Å². The van der Waals surface area contributed by atoms with E-state index < -0.39 is 0 Å². The maximum Gasteiger partial charge on any atom is 0.0547 e. The van der Waals surface area contributed by atoms with Crippen LogP contribution in [-0.2, 0) is 0 Å². The minimum absolute atomic E-state index is 1.06. The lowest BCUT2D eigenvalue weighted by Gasteiger charge is -2.26. The van der Waals surface area contributed by atoms with Crippen molar-refractivity contribution in [1.29, 1.82) is 0 Å². The molecule has 0 saturated heterocycles. The van der Waals surface area contributed by atoms with Crippen molar-refractivity contribution in [1.82, 2.24) is 9.13 Å². The van der Waals surface area contributed by atoms with Gasteiger partial charge in [0.1, 0.15) is 0 Å². The third-order valence-corrected chi connectivity index (χ3v) is 18.1. The Morgan fingerprint density at radius 2 is 0.562 bits per heavy atom. The molecule has 0 N–H and O–H groups in total. The van der Waals surface area contributed by atoms with Gasteiger partial charge in [0.05, 0.1) is 27.8 Å². The maximum atomic E-state index is 2.46. The van der Waals surface area contributed by atoms with Crippen molar-refractivity contribution in [3.05, 3.63) is 346 Å². The molecule has 0 aliphatic rings. The van der Waals surface area contributed by atoms with E-state index in [-0.39, 0.29) is 0 Å². The van der Waals surface area contributed by atoms with Gasteiger partial charge in [-0.15, -0.1) is 0 Å². The summed E-state index contributed by atoms with van der Waals surface area (Å²) < 4.78 is 4.86. The van der Waals surface area contributed by atoms with Crippen LogP contribution in [0.2, 0.25) is 0 Å². The highest BCUT2D eigenvalue weighted by Crippen LogP contribution is 2.45. The Hall–Kier alpha value is -11.8. The Balaban J connectivity index is 0.762. The quantitative estimate of drug-likeness (QED) is 0.126. The Morgan fingerprint density at radius 1 is 0.202 bits per heavy atom. The van der Waals surface area contributed by atoms with Crippen LogP contribution in [0.15, 0.2) is 346 Å².